The molecule has 1 aromatic heterocycles. The summed E-state index contributed by atoms with van der Waals surface area (Å²) in [4.78, 5) is 34.5. The molecule has 3 heterocycles. The number of phenolic OH excluding ortho intramolecular Hbond substituents is 4. The van der Waals surface area contributed by atoms with Crippen molar-refractivity contribution in [1.29, 1.82) is 0 Å². The van der Waals surface area contributed by atoms with Gasteiger partial charge in [-0.15, -0.1) is 0 Å². The Kier molecular flexibility index (Phi) is 10.5. The van der Waals surface area contributed by atoms with Gasteiger partial charge in [0.05, 0.1) is 11.6 Å². The number of benzene rings is 2. The summed E-state index contributed by atoms with van der Waals surface area (Å²) in [7, 11) is 0. The first-order valence-corrected chi connectivity index (χ1v) is 14.5. The Labute approximate surface area is 278 Å². The Hall–Kier alpha value is -5.06. The van der Waals surface area contributed by atoms with Gasteiger partial charge < -0.3 is 79.9 Å². The zero-order valence-electron chi connectivity index (χ0n) is 25.2. The minimum atomic E-state index is -2.14. The molecule has 0 amide bonds. The Balaban J connectivity index is 1.57. The number of aliphatic carboxylic acids is 2. The van der Waals surface area contributed by atoms with Crippen molar-refractivity contribution in [3.8, 4) is 40.1 Å². The second-order valence-corrected chi connectivity index (χ2v) is 11.3. The summed E-state index contributed by atoms with van der Waals surface area (Å²) < 4.78 is 33.2. The lowest BCUT2D eigenvalue weighted by molar-refractivity contribution is -0.353. The van der Waals surface area contributed by atoms with Crippen molar-refractivity contribution >= 4 is 28.9 Å². The fraction of sp³-hybridized carbons (Fsp3) is 0.400. The lowest BCUT2D eigenvalue weighted by atomic mass is 9.97. The summed E-state index contributed by atoms with van der Waals surface area (Å²) in [5.41, 5.74) is -0.111. The van der Waals surface area contributed by atoms with Gasteiger partial charge in [-0.1, -0.05) is 0 Å². The maximum absolute atomic E-state index is 11.9. The molecule has 3 aromatic rings. The molecule has 5 rings (SSSR count). The molecule has 20 heteroatoms. The van der Waals surface area contributed by atoms with Crippen LogP contribution in [0.3, 0.4) is 0 Å². The Morgan fingerprint density at radius 3 is 2.14 bits per heavy atom. The second-order valence-electron chi connectivity index (χ2n) is 11.3. The van der Waals surface area contributed by atoms with E-state index in [-0.39, 0.29) is 28.0 Å². The molecular weight excluding hydrogens is 680 g/mol. The highest BCUT2D eigenvalue weighted by molar-refractivity contribution is 5.90. The van der Waals surface area contributed by atoms with Crippen molar-refractivity contribution < 1.29 is 98.7 Å². The van der Waals surface area contributed by atoms with Crippen LogP contribution in [0.4, 0.5) is 0 Å². The highest BCUT2D eigenvalue weighted by atomic mass is 16.8. The Morgan fingerprint density at radius 2 is 1.48 bits per heavy atom. The molecular formula is C30H31O20+. The lowest BCUT2D eigenvalue weighted by Crippen LogP contribution is -2.65. The summed E-state index contributed by atoms with van der Waals surface area (Å²) >= 11 is 0. The molecule has 2 aromatic carbocycles. The number of hydrogen-bond donors (Lipinski definition) is 11. The average molecular weight is 712 g/mol. The number of aliphatic hydroxyl groups is 5. The molecule has 2 fully saturated rings. The smallest absolute Gasteiger partial charge is 0.402 e. The third kappa shape index (κ3) is 7.41. The van der Waals surface area contributed by atoms with Gasteiger partial charge in [0.25, 0.3) is 0 Å². The van der Waals surface area contributed by atoms with Gasteiger partial charge in [-0.2, -0.15) is 0 Å². The van der Waals surface area contributed by atoms with Gasteiger partial charge in [-0.3, -0.25) is 9.59 Å². The standard InChI is InChI=1S/C30H30O20/c31-10-4-13(33)11-6-16(25(46-15(11)5-10)9-1-2-12(32)14(34)3-9)47-30-27(50-29-24(42)21(39)23(41)26(49-29)28(43)44)22(40)20(38)17(48-30)8-45-19(37)7-18(35)36/h1-6,17,20-24,26-27,29-30,38-42H,7-8H2,(H5-,31,32,33,34,35,36,43,44)/p+1. The molecule has 0 radical (unpaired) electrons. The molecule has 11 N–H and O–H groups in total. The van der Waals surface area contributed by atoms with Crippen LogP contribution in [0.15, 0.2) is 40.8 Å². The highest BCUT2D eigenvalue weighted by Gasteiger charge is 2.53. The fourth-order valence-corrected chi connectivity index (χ4v) is 5.21. The molecule has 0 aliphatic carbocycles. The van der Waals surface area contributed by atoms with E-state index in [1.807, 2.05) is 0 Å². The van der Waals surface area contributed by atoms with Crippen LogP contribution in [0.25, 0.3) is 22.3 Å². The Morgan fingerprint density at radius 1 is 0.760 bits per heavy atom. The predicted octanol–water partition coefficient (Wildman–Crippen LogP) is -1.68. The number of esters is 1. The van der Waals surface area contributed by atoms with Gasteiger partial charge in [-0.25, -0.2) is 9.21 Å². The van der Waals surface area contributed by atoms with Gasteiger partial charge in [0.2, 0.25) is 12.0 Å². The Bertz CT molecular complexity index is 1760. The minimum Gasteiger partial charge on any atom is -0.507 e. The van der Waals surface area contributed by atoms with Crippen LogP contribution in [-0.4, -0.2) is 142 Å². The van der Waals surface area contributed by atoms with Crippen LogP contribution in [0.2, 0.25) is 0 Å². The zero-order valence-corrected chi connectivity index (χ0v) is 25.2. The molecule has 2 aliphatic heterocycles. The van der Waals surface area contributed by atoms with Crippen LogP contribution in [0, 0.1) is 0 Å². The van der Waals surface area contributed by atoms with Gasteiger partial charge in [0.1, 0.15) is 66.5 Å². The number of fused-ring (bicyclic) bond motifs is 1. The van der Waals surface area contributed by atoms with Gasteiger partial charge in [-0.05, 0) is 12.1 Å². The van der Waals surface area contributed by atoms with Crippen LogP contribution in [0.1, 0.15) is 6.42 Å². The van der Waals surface area contributed by atoms with Crippen LogP contribution < -0.4 is 4.74 Å². The van der Waals surface area contributed by atoms with Gasteiger partial charge in [0, 0.05) is 18.2 Å². The average Bonchev–Trinajstić information content (AvgIpc) is 3.04. The number of aromatic hydroxyl groups is 4. The van der Waals surface area contributed by atoms with E-state index in [1.165, 1.54) is 6.07 Å². The van der Waals surface area contributed by atoms with E-state index in [0.29, 0.717) is 0 Å². The molecule has 10 atom stereocenters. The summed E-state index contributed by atoms with van der Waals surface area (Å²) in [5, 5.41) is 112. The van der Waals surface area contributed by atoms with Crippen molar-refractivity contribution in [2.24, 2.45) is 0 Å². The summed E-state index contributed by atoms with van der Waals surface area (Å²) in [6, 6.07) is 6.61. The van der Waals surface area contributed by atoms with E-state index in [0.717, 1.165) is 30.3 Å². The van der Waals surface area contributed by atoms with E-state index in [9.17, 15) is 65.4 Å². The quantitative estimate of drug-likeness (QED) is 0.0484. The van der Waals surface area contributed by atoms with Gasteiger partial charge >= 0.3 is 29.3 Å². The number of carbonyl (C=O) groups excluding carboxylic acids is 1. The van der Waals surface area contributed by atoms with Crippen molar-refractivity contribution in [3.05, 3.63) is 36.4 Å². The number of rotatable bonds is 10. The maximum atomic E-state index is 11.9. The van der Waals surface area contributed by atoms with E-state index in [4.69, 9.17) is 33.2 Å². The van der Waals surface area contributed by atoms with E-state index in [2.05, 4.69) is 0 Å². The second kappa shape index (κ2) is 14.4. The van der Waals surface area contributed by atoms with E-state index < -0.39 is 115 Å². The third-order valence-electron chi connectivity index (χ3n) is 7.75. The number of ether oxygens (including phenoxy) is 5. The topological polar surface area (TPSA) is 331 Å². The van der Waals surface area contributed by atoms with Crippen molar-refractivity contribution in [2.45, 2.75) is 67.8 Å². The first kappa shape index (κ1) is 36.2. The van der Waals surface area contributed by atoms with Crippen molar-refractivity contribution in [1.82, 2.24) is 0 Å². The van der Waals surface area contributed by atoms with E-state index >= 15 is 0 Å². The number of hydrogen-bond acceptors (Lipinski definition) is 17. The molecule has 50 heavy (non-hydrogen) atoms. The monoisotopic (exact) mass is 711 g/mol. The number of phenols is 4. The highest BCUT2D eigenvalue weighted by Crippen LogP contribution is 2.42. The lowest BCUT2D eigenvalue weighted by Gasteiger charge is -2.45. The molecule has 0 bridgehead atoms. The summed E-state index contributed by atoms with van der Waals surface area (Å²) in [6.07, 6.45) is -21.5. The number of aliphatic hydroxyl groups excluding tert-OH is 5. The van der Waals surface area contributed by atoms with Crippen molar-refractivity contribution in [2.75, 3.05) is 6.61 Å². The molecule has 0 saturated carbocycles. The number of carbonyl (C=O) groups is 3. The van der Waals surface area contributed by atoms with Crippen LogP contribution in [0.5, 0.6) is 28.7 Å². The minimum absolute atomic E-state index is 0.0143. The zero-order chi connectivity index (χ0) is 36.6. The van der Waals surface area contributed by atoms with Crippen molar-refractivity contribution in [3.63, 3.8) is 0 Å². The number of carboxylic acid groups (broad SMARTS) is 2. The fourth-order valence-electron chi connectivity index (χ4n) is 5.21. The maximum Gasteiger partial charge on any atom is 0.402 e. The molecule has 0 spiro atoms. The SMILES string of the molecule is O=C(O)CC(=O)OCC1OC(Oc2cc3c(O)cc(O)cc3[o+]c2-c2ccc(O)c(O)c2)C(OC2OC(C(=O)O)C(O)C(O)C2O)C(O)C1O. The first-order valence-electron chi connectivity index (χ1n) is 14.5. The molecule has 10 unspecified atom stereocenters. The van der Waals surface area contributed by atoms with E-state index in [1.54, 1.807) is 0 Å². The summed E-state index contributed by atoms with van der Waals surface area (Å²) in [5.74, 6) is -7.26. The number of carboxylic acids is 2. The van der Waals surface area contributed by atoms with Gasteiger partial charge in [0.15, 0.2) is 30.0 Å². The van der Waals surface area contributed by atoms with Crippen LogP contribution in [-0.2, 0) is 33.3 Å². The van der Waals surface area contributed by atoms with Crippen LogP contribution >= 0.6 is 0 Å². The normalized spacial score (nSPS) is 29.7. The summed E-state index contributed by atoms with van der Waals surface area (Å²) in [6.45, 7) is -0.855. The largest absolute Gasteiger partial charge is 0.507 e. The molecule has 2 aliphatic rings. The molecule has 270 valence electrons. The molecule has 20 nitrogen and oxygen atoms in total. The first-order chi connectivity index (χ1) is 23.5. The third-order valence-corrected chi connectivity index (χ3v) is 7.75. The predicted molar refractivity (Wildman–Crippen MR) is 156 cm³/mol. The molecule has 2 saturated heterocycles.